The fourth-order valence-electron chi connectivity index (χ4n) is 2.70. The first-order valence-electron chi connectivity index (χ1n) is 6.72. The molecule has 0 radical (unpaired) electrons. The van der Waals surface area contributed by atoms with Crippen LogP contribution in [0.5, 0.6) is 0 Å². The molecule has 20 heavy (non-hydrogen) atoms. The van der Waals surface area contributed by atoms with E-state index in [-0.39, 0.29) is 11.9 Å². The van der Waals surface area contributed by atoms with Gasteiger partial charge in [-0.15, -0.1) is 0 Å². The Morgan fingerprint density at radius 3 is 2.55 bits per heavy atom. The number of carbonyl (C=O) groups is 1. The molecule has 102 valence electrons. The van der Waals surface area contributed by atoms with Crippen molar-refractivity contribution >= 4 is 17.5 Å². The minimum atomic E-state index is 0.0704. The van der Waals surface area contributed by atoms with Gasteiger partial charge in [-0.1, -0.05) is 11.6 Å². The average molecular weight is 287 g/mol. The van der Waals surface area contributed by atoms with Crippen LogP contribution in [0.25, 0.3) is 0 Å². The maximum Gasteiger partial charge on any atom is 0.254 e. The van der Waals surface area contributed by atoms with Crippen molar-refractivity contribution in [3.63, 3.8) is 0 Å². The van der Waals surface area contributed by atoms with E-state index in [1.54, 1.807) is 36.7 Å². The average Bonchev–Trinajstić information content (AvgIpc) is 2.97. The Balaban J connectivity index is 1.85. The zero-order valence-corrected chi connectivity index (χ0v) is 11.8. The summed E-state index contributed by atoms with van der Waals surface area (Å²) in [7, 11) is 0. The van der Waals surface area contributed by atoms with E-state index in [4.69, 9.17) is 11.6 Å². The van der Waals surface area contributed by atoms with Crippen LogP contribution in [0.15, 0.2) is 48.8 Å². The van der Waals surface area contributed by atoms with Crippen molar-refractivity contribution < 1.29 is 4.79 Å². The molecule has 1 amide bonds. The largest absolute Gasteiger partial charge is 0.332 e. The molecule has 0 bridgehead atoms. The first-order valence-corrected chi connectivity index (χ1v) is 7.10. The fourth-order valence-corrected chi connectivity index (χ4v) is 2.83. The van der Waals surface area contributed by atoms with Gasteiger partial charge in [0, 0.05) is 29.5 Å². The first kappa shape index (κ1) is 13.1. The van der Waals surface area contributed by atoms with Gasteiger partial charge in [-0.25, -0.2) is 0 Å². The van der Waals surface area contributed by atoms with Crippen LogP contribution < -0.4 is 0 Å². The van der Waals surface area contributed by atoms with E-state index >= 15 is 0 Å². The van der Waals surface area contributed by atoms with Crippen LogP contribution in [-0.4, -0.2) is 22.3 Å². The molecule has 1 saturated heterocycles. The van der Waals surface area contributed by atoms with Crippen molar-refractivity contribution in [1.82, 2.24) is 9.88 Å². The number of likely N-dealkylation sites (tertiary alicyclic amines) is 1. The zero-order chi connectivity index (χ0) is 13.9. The topological polar surface area (TPSA) is 33.2 Å². The van der Waals surface area contributed by atoms with Crippen molar-refractivity contribution in [2.45, 2.75) is 18.9 Å². The third-order valence-electron chi connectivity index (χ3n) is 3.70. The second kappa shape index (κ2) is 5.63. The van der Waals surface area contributed by atoms with Crippen LogP contribution >= 0.6 is 11.6 Å². The zero-order valence-electron chi connectivity index (χ0n) is 11.0. The number of nitrogens with zero attached hydrogens (tertiary/aromatic N) is 2. The monoisotopic (exact) mass is 286 g/mol. The quantitative estimate of drug-likeness (QED) is 0.843. The molecule has 1 atom stereocenters. The summed E-state index contributed by atoms with van der Waals surface area (Å²) in [6.45, 7) is 0.800. The summed E-state index contributed by atoms with van der Waals surface area (Å²) in [4.78, 5) is 18.6. The molecule has 1 fully saturated rings. The minimum Gasteiger partial charge on any atom is -0.332 e. The van der Waals surface area contributed by atoms with Gasteiger partial charge >= 0.3 is 0 Å². The van der Waals surface area contributed by atoms with Crippen LogP contribution in [0.1, 0.15) is 34.8 Å². The Bertz CT molecular complexity index is 598. The highest BCUT2D eigenvalue weighted by molar-refractivity contribution is 6.30. The number of pyridine rings is 1. The Morgan fingerprint density at radius 1 is 1.15 bits per heavy atom. The van der Waals surface area contributed by atoms with Crippen LogP contribution in [0.2, 0.25) is 5.02 Å². The highest BCUT2D eigenvalue weighted by atomic mass is 35.5. The lowest BCUT2D eigenvalue weighted by Crippen LogP contribution is -2.30. The summed E-state index contributed by atoms with van der Waals surface area (Å²) in [5.74, 6) is 0.0704. The van der Waals surface area contributed by atoms with Crippen molar-refractivity contribution in [2.75, 3.05) is 6.54 Å². The predicted octanol–water partition coefficient (Wildman–Crippen LogP) is 3.71. The van der Waals surface area contributed by atoms with Gasteiger partial charge in [0.25, 0.3) is 5.91 Å². The van der Waals surface area contributed by atoms with Gasteiger partial charge in [-0.05, 0) is 54.8 Å². The summed E-state index contributed by atoms with van der Waals surface area (Å²) < 4.78 is 0. The van der Waals surface area contributed by atoms with Gasteiger partial charge in [-0.3, -0.25) is 9.78 Å². The summed E-state index contributed by atoms with van der Waals surface area (Å²) in [5, 5.41) is 0.647. The SMILES string of the molecule is O=C(c1ccc(Cl)cc1)N1CCCC1c1ccncc1. The second-order valence-electron chi connectivity index (χ2n) is 4.94. The lowest BCUT2D eigenvalue weighted by molar-refractivity contribution is 0.0735. The molecule has 0 spiro atoms. The molecule has 1 unspecified atom stereocenters. The van der Waals surface area contributed by atoms with Crippen LogP contribution in [0.3, 0.4) is 0 Å². The number of aromatic nitrogens is 1. The van der Waals surface area contributed by atoms with Gasteiger partial charge in [0.2, 0.25) is 0 Å². The number of carbonyl (C=O) groups excluding carboxylic acids is 1. The lowest BCUT2D eigenvalue weighted by atomic mass is 10.1. The molecular formula is C16H15ClN2O. The molecule has 3 rings (SSSR count). The highest BCUT2D eigenvalue weighted by Gasteiger charge is 2.30. The third kappa shape index (κ3) is 2.54. The van der Waals surface area contributed by atoms with Gasteiger partial charge in [0.15, 0.2) is 0 Å². The first-order chi connectivity index (χ1) is 9.75. The van der Waals surface area contributed by atoms with Crippen molar-refractivity contribution in [1.29, 1.82) is 0 Å². The van der Waals surface area contributed by atoms with Gasteiger partial charge in [0.05, 0.1) is 6.04 Å². The Hall–Kier alpha value is -1.87. The predicted molar refractivity (Wildman–Crippen MR) is 78.7 cm³/mol. The maximum absolute atomic E-state index is 12.6. The summed E-state index contributed by atoms with van der Waals surface area (Å²) in [5.41, 5.74) is 1.84. The molecule has 0 aliphatic carbocycles. The molecule has 1 aromatic heterocycles. The highest BCUT2D eigenvalue weighted by Crippen LogP contribution is 2.32. The summed E-state index contributed by atoms with van der Waals surface area (Å²) in [6, 6.07) is 11.2. The van der Waals surface area contributed by atoms with Crippen LogP contribution in [0.4, 0.5) is 0 Å². The van der Waals surface area contributed by atoms with E-state index in [0.717, 1.165) is 24.9 Å². The van der Waals surface area contributed by atoms with Gasteiger partial charge in [0.1, 0.15) is 0 Å². The Labute approximate surface area is 123 Å². The van der Waals surface area contributed by atoms with Crippen molar-refractivity contribution in [3.8, 4) is 0 Å². The number of rotatable bonds is 2. The number of halogens is 1. The third-order valence-corrected chi connectivity index (χ3v) is 3.95. The number of hydrogen-bond donors (Lipinski definition) is 0. The van der Waals surface area contributed by atoms with Crippen molar-refractivity contribution in [3.05, 3.63) is 64.9 Å². The molecule has 2 aromatic rings. The molecule has 0 saturated carbocycles. The molecule has 4 heteroatoms. The molecule has 0 N–H and O–H groups in total. The lowest BCUT2D eigenvalue weighted by Gasteiger charge is -2.25. The Kier molecular flexibility index (Phi) is 3.70. The van der Waals surface area contributed by atoms with Gasteiger partial charge < -0.3 is 4.90 Å². The number of hydrogen-bond acceptors (Lipinski definition) is 2. The normalized spacial score (nSPS) is 18.2. The fraction of sp³-hybridized carbons (Fsp3) is 0.250. The minimum absolute atomic E-state index is 0.0704. The van der Waals surface area contributed by atoms with Crippen LogP contribution in [0, 0.1) is 0 Å². The smallest absolute Gasteiger partial charge is 0.254 e. The Morgan fingerprint density at radius 2 is 1.85 bits per heavy atom. The van der Waals surface area contributed by atoms with Crippen molar-refractivity contribution in [2.24, 2.45) is 0 Å². The van der Waals surface area contributed by atoms with E-state index in [1.807, 2.05) is 17.0 Å². The summed E-state index contributed by atoms with van der Waals surface area (Å²) >= 11 is 5.87. The second-order valence-corrected chi connectivity index (χ2v) is 5.38. The molecule has 1 aliphatic heterocycles. The molecule has 3 nitrogen and oxygen atoms in total. The molecular weight excluding hydrogens is 272 g/mol. The summed E-state index contributed by atoms with van der Waals surface area (Å²) in [6.07, 6.45) is 5.59. The molecule has 1 aliphatic rings. The molecule has 1 aromatic carbocycles. The molecule has 2 heterocycles. The van der Waals surface area contributed by atoms with Crippen LogP contribution in [-0.2, 0) is 0 Å². The number of amides is 1. The van der Waals surface area contributed by atoms with E-state index in [9.17, 15) is 4.79 Å². The van der Waals surface area contributed by atoms with Gasteiger partial charge in [-0.2, -0.15) is 0 Å². The number of benzene rings is 1. The van der Waals surface area contributed by atoms with E-state index in [0.29, 0.717) is 10.6 Å². The standard InChI is InChI=1S/C16H15ClN2O/c17-14-5-3-13(4-6-14)16(20)19-11-1-2-15(19)12-7-9-18-10-8-12/h3-10,15H,1-2,11H2. The van der Waals surface area contributed by atoms with E-state index in [2.05, 4.69) is 4.98 Å². The maximum atomic E-state index is 12.6. The van der Waals surface area contributed by atoms with E-state index in [1.165, 1.54) is 0 Å². The van der Waals surface area contributed by atoms with E-state index < -0.39 is 0 Å².